The summed E-state index contributed by atoms with van der Waals surface area (Å²) >= 11 is 0. The summed E-state index contributed by atoms with van der Waals surface area (Å²) in [5, 5.41) is 0. The summed E-state index contributed by atoms with van der Waals surface area (Å²) in [6.07, 6.45) is 0. The van der Waals surface area contributed by atoms with Crippen LogP contribution >= 0.6 is 0 Å². The number of hydrogen-bond donors (Lipinski definition) is 0. The van der Waals surface area contributed by atoms with Gasteiger partial charge in [-0.2, -0.15) is 4.31 Å². The van der Waals surface area contributed by atoms with E-state index in [0.29, 0.717) is 32.7 Å². The molecule has 2 fully saturated rings. The normalized spacial score (nSPS) is 18.7. The van der Waals surface area contributed by atoms with Crippen LogP contribution in [0, 0.1) is 0 Å². The molecule has 0 radical (unpaired) electrons. The number of ether oxygens (including phenoxy) is 1. The minimum Gasteiger partial charge on any atom is -0.497 e. The molecule has 2 aliphatic heterocycles. The molecular weight excluding hydrogens is 452 g/mol. The summed E-state index contributed by atoms with van der Waals surface area (Å²) in [7, 11) is -1.68. The number of rotatable bonds is 8. The van der Waals surface area contributed by atoms with E-state index in [1.165, 1.54) is 5.56 Å². The predicted octanol–water partition coefficient (Wildman–Crippen LogP) is 1.49. The molecule has 0 spiro atoms. The van der Waals surface area contributed by atoms with Gasteiger partial charge in [0.05, 0.1) is 19.4 Å². The maximum absolute atomic E-state index is 12.8. The van der Waals surface area contributed by atoms with E-state index in [9.17, 15) is 13.2 Å². The standard InChI is InChI=1S/C25H34N4O4S/c1-33-24-9-7-22(8-10-24)19-26-11-15-28(16-12-26)25(30)20-27-13-17-29(18-14-27)34(31,32)21-23-5-3-2-4-6-23/h2-10H,11-21H2,1H3. The molecule has 0 unspecified atom stereocenters. The third kappa shape index (κ3) is 6.56. The molecule has 4 rings (SSSR count). The van der Waals surface area contributed by atoms with Gasteiger partial charge in [0.15, 0.2) is 0 Å². The smallest absolute Gasteiger partial charge is 0.236 e. The van der Waals surface area contributed by atoms with E-state index in [1.807, 2.05) is 47.4 Å². The summed E-state index contributed by atoms with van der Waals surface area (Å²) in [6.45, 7) is 6.38. The van der Waals surface area contributed by atoms with Crippen LogP contribution < -0.4 is 4.74 Å². The topological polar surface area (TPSA) is 73.4 Å². The molecule has 8 nitrogen and oxygen atoms in total. The first kappa shape index (κ1) is 24.7. The Bertz CT molecular complexity index is 1030. The summed E-state index contributed by atoms with van der Waals surface area (Å²) in [5.74, 6) is 1.01. The highest BCUT2D eigenvalue weighted by Crippen LogP contribution is 2.16. The molecule has 2 heterocycles. The Labute approximate surface area is 202 Å². The van der Waals surface area contributed by atoms with Crippen molar-refractivity contribution in [3.63, 3.8) is 0 Å². The molecular formula is C25H34N4O4S. The largest absolute Gasteiger partial charge is 0.497 e. The third-order valence-electron chi connectivity index (χ3n) is 6.57. The van der Waals surface area contributed by atoms with Crippen LogP contribution in [-0.2, 0) is 27.1 Å². The fourth-order valence-corrected chi connectivity index (χ4v) is 5.99. The number of methoxy groups -OCH3 is 1. The van der Waals surface area contributed by atoms with Gasteiger partial charge in [-0.05, 0) is 23.3 Å². The first-order valence-corrected chi connectivity index (χ1v) is 13.4. The molecule has 184 valence electrons. The maximum atomic E-state index is 12.8. The van der Waals surface area contributed by atoms with E-state index in [-0.39, 0.29) is 11.7 Å². The van der Waals surface area contributed by atoms with Crippen molar-refractivity contribution in [2.45, 2.75) is 12.3 Å². The number of carbonyl (C=O) groups is 1. The van der Waals surface area contributed by atoms with Gasteiger partial charge < -0.3 is 9.64 Å². The fraction of sp³-hybridized carbons (Fsp3) is 0.480. The predicted molar refractivity (Wildman–Crippen MR) is 132 cm³/mol. The molecule has 0 bridgehead atoms. The summed E-state index contributed by atoms with van der Waals surface area (Å²) in [5.41, 5.74) is 2.03. The average molecular weight is 487 g/mol. The number of benzene rings is 2. The van der Waals surface area contributed by atoms with Crippen LogP contribution in [0.4, 0.5) is 0 Å². The molecule has 0 aromatic heterocycles. The molecule has 0 atom stereocenters. The molecule has 2 aromatic carbocycles. The lowest BCUT2D eigenvalue weighted by atomic mass is 10.2. The highest BCUT2D eigenvalue weighted by molar-refractivity contribution is 7.88. The minimum absolute atomic E-state index is 0.0214. The van der Waals surface area contributed by atoms with Crippen LogP contribution in [-0.4, -0.2) is 99.3 Å². The zero-order valence-corrected chi connectivity index (χ0v) is 20.6. The van der Waals surface area contributed by atoms with Crippen molar-refractivity contribution in [2.24, 2.45) is 0 Å². The van der Waals surface area contributed by atoms with E-state index in [2.05, 4.69) is 21.9 Å². The number of sulfonamides is 1. The van der Waals surface area contributed by atoms with Crippen molar-refractivity contribution in [3.05, 3.63) is 65.7 Å². The molecule has 1 amide bonds. The lowest BCUT2D eigenvalue weighted by molar-refractivity contribution is -0.134. The fourth-order valence-electron chi connectivity index (χ4n) is 4.48. The van der Waals surface area contributed by atoms with Gasteiger partial charge >= 0.3 is 0 Å². The maximum Gasteiger partial charge on any atom is 0.236 e. The van der Waals surface area contributed by atoms with Gasteiger partial charge in [-0.1, -0.05) is 42.5 Å². The lowest BCUT2D eigenvalue weighted by Gasteiger charge is -2.37. The molecule has 0 aliphatic carbocycles. The highest BCUT2D eigenvalue weighted by Gasteiger charge is 2.29. The van der Waals surface area contributed by atoms with Gasteiger partial charge in [-0.3, -0.25) is 14.6 Å². The summed E-state index contributed by atoms with van der Waals surface area (Å²) < 4.78 is 32.3. The first-order chi connectivity index (χ1) is 16.4. The molecule has 2 aromatic rings. The van der Waals surface area contributed by atoms with E-state index in [0.717, 1.165) is 44.0 Å². The van der Waals surface area contributed by atoms with Crippen LogP contribution in [0.3, 0.4) is 0 Å². The van der Waals surface area contributed by atoms with Crippen LogP contribution in [0.2, 0.25) is 0 Å². The zero-order chi connectivity index (χ0) is 24.0. The van der Waals surface area contributed by atoms with E-state index < -0.39 is 10.0 Å². The van der Waals surface area contributed by atoms with Crippen molar-refractivity contribution < 1.29 is 17.9 Å². The van der Waals surface area contributed by atoms with Crippen LogP contribution in [0.1, 0.15) is 11.1 Å². The van der Waals surface area contributed by atoms with Crippen LogP contribution in [0.5, 0.6) is 5.75 Å². The second-order valence-corrected chi connectivity index (χ2v) is 10.9. The van der Waals surface area contributed by atoms with Gasteiger partial charge in [-0.15, -0.1) is 0 Å². The van der Waals surface area contributed by atoms with Crippen molar-refractivity contribution in [3.8, 4) is 5.75 Å². The number of carbonyl (C=O) groups excluding carboxylic acids is 1. The molecule has 0 N–H and O–H groups in total. The van der Waals surface area contributed by atoms with Crippen LogP contribution in [0.15, 0.2) is 54.6 Å². The number of hydrogen-bond acceptors (Lipinski definition) is 6. The molecule has 9 heteroatoms. The van der Waals surface area contributed by atoms with Gasteiger partial charge in [0.2, 0.25) is 15.9 Å². The zero-order valence-electron chi connectivity index (χ0n) is 19.8. The van der Waals surface area contributed by atoms with Gasteiger partial charge in [0.1, 0.15) is 5.75 Å². The number of amides is 1. The molecule has 2 aliphatic rings. The van der Waals surface area contributed by atoms with Gasteiger partial charge in [-0.25, -0.2) is 8.42 Å². The Morgan fingerprint density at radius 1 is 0.794 bits per heavy atom. The average Bonchev–Trinajstić information content (AvgIpc) is 2.85. The molecule has 0 saturated carbocycles. The Morgan fingerprint density at radius 3 is 2.03 bits per heavy atom. The summed E-state index contributed by atoms with van der Waals surface area (Å²) in [6, 6.07) is 17.4. The Hall–Kier alpha value is -2.46. The minimum atomic E-state index is -3.35. The monoisotopic (exact) mass is 486 g/mol. The van der Waals surface area contributed by atoms with Crippen LogP contribution in [0.25, 0.3) is 0 Å². The molecule has 2 saturated heterocycles. The van der Waals surface area contributed by atoms with E-state index >= 15 is 0 Å². The third-order valence-corrected chi connectivity index (χ3v) is 8.42. The van der Waals surface area contributed by atoms with Crippen molar-refractivity contribution in [2.75, 3.05) is 66.0 Å². The van der Waals surface area contributed by atoms with Crippen molar-refractivity contribution in [1.29, 1.82) is 0 Å². The number of nitrogens with zero attached hydrogens (tertiary/aromatic N) is 4. The SMILES string of the molecule is COc1ccc(CN2CCN(C(=O)CN3CCN(S(=O)(=O)Cc4ccccc4)CC3)CC2)cc1. The van der Waals surface area contributed by atoms with Crippen molar-refractivity contribution >= 4 is 15.9 Å². The van der Waals surface area contributed by atoms with E-state index in [4.69, 9.17) is 4.74 Å². The summed E-state index contributed by atoms with van der Waals surface area (Å²) in [4.78, 5) is 19.2. The quantitative estimate of drug-likeness (QED) is 0.563. The Morgan fingerprint density at radius 2 is 1.41 bits per heavy atom. The second-order valence-electron chi connectivity index (χ2n) is 8.92. The Balaban J connectivity index is 1.18. The number of piperazine rings is 2. The first-order valence-electron chi connectivity index (χ1n) is 11.8. The molecule has 34 heavy (non-hydrogen) atoms. The van der Waals surface area contributed by atoms with Gasteiger partial charge in [0, 0.05) is 58.9 Å². The Kier molecular flexibility index (Phi) is 8.20. The lowest BCUT2D eigenvalue weighted by Crippen LogP contribution is -2.54. The van der Waals surface area contributed by atoms with Crippen molar-refractivity contribution in [1.82, 2.24) is 19.0 Å². The van der Waals surface area contributed by atoms with Gasteiger partial charge in [0.25, 0.3) is 0 Å². The van der Waals surface area contributed by atoms with E-state index in [1.54, 1.807) is 11.4 Å². The second kappa shape index (κ2) is 11.3. The highest BCUT2D eigenvalue weighted by atomic mass is 32.2.